The molecule has 6 rings (SSSR count). The van der Waals surface area contributed by atoms with Crippen LogP contribution in [0.25, 0.3) is 32.7 Å². The molecular weight excluding hydrogens is 627 g/mol. The first-order chi connectivity index (χ1) is 21.3. The van der Waals surface area contributed by atoms with Crippen LogP contribution in [0.3, 0.4) is 0 Å². The summed E-state index contributed by atoms with van der Waals surface area (Å²) in [5.41, 5.74) is 0.918. The number of hydrogen-bond donors (Lipinski definition) is 1. The van der Waals surface area contributed by atoms with Crippen molar-refractivity contribution in [3.05, 3.63) is 126 Å². The molecule has 0 saturated carbocycles. The Balaban J connectivity index is 0.00000400. The number of rotatable bonds is 9. The van der Waals surface area contributed by atoms with E-state index < -0.39 is 35.2 Å². The zero-order valence-corrected chi connectivity index (χ0v) is 24.4. The van der Waals surface area contributed by atoms with E-state index in [1.54, 1.807) is 66.7 Å². The maximum atomic E-state index is 15.7. The van der Waals surface area contributed by atoms with Crippen molar-refractivity contribution in [2.75, 3.05) is 7.11 Å². The van der Waals surface area contributed by atoms with Crippen LogP contribution in [0.15, 0.2) is 91.7 Å². The standard InChI is InChI=1S/C32H25FN4O6S.K.H/c1-3-22-15-25-29(39)36(17-27(38)18-10-12-21(42-2)13-11-18)32(41)37(30(25)44-22)16-20-9-8-19(14-26(20)33)23-6-4-5-7-24(23)28-34-31(40)43-35-28;;/h4-15H,3,16-17H2,1-2H3,(H,34,35,40);;. The van der Waals surface area contributed by atoms with Crippen molar-refractivity contribution in [1.29, 1.82) is 0 Å². The third kappa shape index (κ3) is 6.50. The number of aromatic nitrogens is 4. The number of carbonyl (C=O) groups is 1. The number of aromatic amines is 1. The van der Waals surface area contributed by atoms with E-state index in [1.165, 1.54) is 29.1 Å². The van der Waals surface area contributed by atoms with Crippen molar-refractivity contribution in [2.45, 2.75) is 26.4 Å². The van der Waals surface area contributed by atoms with Crippen LogP contribution in [0.1, 0.15) is 27.7 Å². The number of hydrogen-bond acceptors (Lipinski definition) is 8. The number of methoxy groups -OCH3 is 1. The second-order valence-corrected chi connectivity index (χ2v) is 11.1. The Hall–Kier alpha value is -3.72. The van der Waals surface area contributed by atoms with Crippen molar-refractivity contribution in [3.63, 3.8) is 0 Å². The van der Waals surface area contributed by atoms with Crippen LogP contribution in [-0.4, -0.2) is 83.6 Å². The number of aryl methyl sites for hydroxylation is 1. The number of ether oxygens (including phenoxy) is 1. The molecule has 0 bridgehead atoms. The third-order valence-electron chi connectivity index (χ3n) is 7.32. The number of carbonyl (C=O) groups excluding carboxylic acids is 1. The van der Waals surface area contributed by atoms with Crippen LogP contribution in [0.4, 0.5) is 4.39 Å². The van der Waals surface area contributed by atoms with Gasteiger partial charge in [-0.15, -0.1) is 11.3 Å². The number of nitrogens with zero attached hydrogens (tertiary/aromatic N) is 3. The number of ketones is 1. The SMILES string of the molecule is CCc1cc2c(=O)n(CC(=O)c3ccc(OC)cc3)c(=O)n(Cc3ccc(-c4ccccc4-c4noc(=O)[nH]4)cc3F)c2s1.[KH]. The fraction of sp³-hybridized carbons (Fsp3) is 0.156. The number of benzene rings is 3. The van der Waals surface area contributed by atoms with Gasteiger partial charge in [0.2, 0.25) is 0 Å². The van der Waals surface area contributed by atoms with Gasteiger partial charge in [-0.3, -0.25) is 28.2 Å². The number of H-pyrrole nitrogens is 1. The summed E-state index contributed by atoms with van der Waals surface area (Å²) in [4.78, 5) is 55.6. The normalized spacial score (nSPS) is 11.0. The zero-order valence-electron chi connectivity index (χ0n) is 23.6. The first-order valence-electron chi connectivity index (χ1n) is 13.6. The van der Waals surface area contributed by atoms with E-state index in [2.05, 4.69) is 14.7 Å². The fourth-order valence-electron chi connectivity index (χ4n) is 5.02. The van der Waals surface area contributed by atoms with Crippen LogP contribution in [0, 0.1) is 5.82 Å². The average Bonchev–Trinajstić information content (AvgIpc) is 3.68. The first kappa shape index (κ1) is 32.7. The number of nitrogens with one attached hydrogen (secondary N) is 1. The summed E-state index contributed by atoms with van der Waals surface area (Å²) in [5.74, 6) is -0.936. The molecule has 224 valence electrons. The van der Waals surface area contributed by atoms with Gasteiger partial charge in [0.1, 0.15) is 16.4 Å². The molecule has 0 fully saturated rings. The molecule has 10 nitrogen and oxygen atoms in total. The van der Waals surface area contributed by atoms with E-state index >= 15 is 4.39 Å². The Morgan fingerprint density at radius 2 is 1.73 bits per heavy atom. The second kappa shape index (κ2) is 13.7. The zero-order chi connectivity index (χ0) is 31.0. The summed E-state index contributed by atoms with van der Waals surface area (Å²) < 4.78 is 27.7. The molecular formula is C32H26FKN4O6S. The monoisotopic (exact) mass is 652 g/mol. The summed E-state index contributed by atoms with van der Waals surface area (Å²) in [7, 11) is 1.51. The van der Waals surface area contributed by atoms with E-state index in [1.807, 2.05) is 6.92 Å². The predicted octanol–water partition coefficient (Wildman–Crippen LogP) is 4.23. The average molecular weight is 653 g/mol. The molecule has 13 heteroatoms. The van der Waals surface area contributed by atoms with Crippen molar-refractivity contribution in [1.82, 2.24) is 19.3 Å². The number of Topliss-reactive ketones (excluding diaryl/α,β-unsaturated/α-hetero) is 1. The molecule has 0 aliphatic carbocycles. The van der Waals surface area contributed by atoms with Gasteiger partial charge in [0.05, 0.1) is 25.6 Å². The quantitative estimate of drug-likeness (QED) is 0.183. The van der Waals surface area contributed by atoms with Gasteiger partial charge >= 0.3 is 62.8 Å². The molecule has 3 aromatic carbocycles. The van der Waals surface area contributed by atoms with Gasteiger partial charge in [-0.1, -0.05) is 48.5 Å². The van der Waals surface area contributed by atoms with Gasteiger partial charge in [0.15, 0.2) is 11.6 Å². The van der Waals surface area contributed by atoms with Crippen LogP contribution >= 0.6 is 11.3 Å². The molecule has 3 heterocycles. The Kier molecular flexibility index (Phi) is 9.96. The predicted molar refractivity (Wildman–Crippen MR) is 171 cm³/mol. The Morgan fingerprint density at radius 1 is 1.00 bits per heavy atom. The number of thiophene rings is 1. The summed E-state index contributed by atoms with van der Waals surface area (Å²) in [6, 6.07) is 19.7. The minimum absolute atomic E-state index is 0. The fourth-order valence-corrected chi connectivity index (χ4v) is 6.09. The Bertz CT molecular complexity index is 2210. The molecule has 3 aromatic heterocycles. The molecule has 45 heavy (non-hydrogen) atoms. The third-order valence-corrected chi connectivity index (χ3v) is 8.63. The molecule has 0 spiro atoms. The van der Waals surface area contributed by atoms with E-state index in [4.69, 9.17) is 4.74 Å². The molecule has 0 saturated heterocycles. The topological polar surface area (TPSA) is 129 Å². The van der Waals surface area contributed by atoms with E-state index in [9.17, 15) is 19.2 Å². The van der Waals surface area contributed by atoms with E-state index in [0.29, 0.717) is 44.6 Å². The second-order valence-electron chi connectivity index (χ2n) is 9.99. The van der Waals surface area contributed by atoms with Crippen molar-refractivity contribution in [2.24, 2.45) is 0 Å². The van der Waals surface area contributed by atoms with Gasteiger partial charge in [0.25, 0.3) is 5.56 Å². The van der Waals surface area contributed by atoms with E-state index in [0.717, 1.165) is 9.44 Å². The number of fused-ring (bicyclic) bond motifs is 1. The molecule has 0 aliphatic rings. The van der Waals surface area contributed by atoms with Crippen molar-refractivity contribution >= 4 is 78.7 Å². The summed E-state index contributed by atoms with van der Waals surface area (Å²) in [6.07, 6.45) is 0.636. The summed E-state index contributed by atoms with van der Waals surface area (Å²) >= 11 is 1.29. The maximum absolute atomic E-state index is 15.7. The molecule has 0 amide bonds. The van der Waals surface area contributed by atoms with Gasteiger partial charge in [-0.05, 0) is 53.9 Å². The molecule has 6 aromatic rings. The summed E-state index contributed by atoms with van der Waals surface area (Å²) in [5, 5.41) is 4.04. The minimum atomic E-state index is -0.710. The number of halogens is 1. The van der Waals surface area contributed by atoms with Crippen molar-refractivity contribution in [3.8, 4) is 28.3 Å². The molecule has 0 aliphatic heterocycles. The summed E-state index contributed by atoms with van der Waals surface area (Å²) in [6.45, 7) is 1.30. The first-order valence-corrected chi connectivity index (χ1v) is 14.5. The molecule has 1 N–H and O–H groups in total. The molecule has 0 atom stereocenters. The van der Waals surface area contributed by atoms with E-state index in [-0.39, 0.29) is 69.3 Å². The Labute approximate surface area is 301 Å². The van der Waals surface area contributed by atoms with Crippen LogP contribution < -0.4 is 21.7 Å². The van der Waals surface area contributed by atoms with Gasteiger partial charge in [-0.25, -0.2) is 14.0 Å². The van der Waals surface area contributed by atoms with Gasteiger partial charge in [-0.2, -0.15) is 0 Å². The van der Waals surface area contributed by atoms with Crippen LogP contribution in [0.2, 0.25) is 0 Å². The Morgan fingerprint density at radius 3 is 2.38 bits per heavy atom. The van der Waals surface area contributed by atoms with Gasteiger partial charge in [0, 0.05) is 21.6 Å². The van der Waals surface area contributed by atoms with Crippen molar-refractivity contribution < 1.29 is 18.4 Å². The van der Waals surface area contributed by atoms with Gasteiger partial charge < -0.3 is 4.74 Å². The molecule has 0 unspecified atom stereocenters. The van der Waals surface area contributed by atoms with Crippen LogP contribution in [0.5, 0.6) is 5.75 Å². The molecule has 0 radical (unpaired) electrons. The van der Waals surface area contributed by atoms with Crippen LogP contribution in [-0.2, 0) is 19.5 Å².